The Morgan fingerprint density at radius 2 is 1.83 bits per heavy atom. The number of amides is 2. The Hall–Kier alpha value is -2.12. The maximum Gasteiger partial charge on any atom is 0.408 e. The Labute approximate surface area is 180 Å². The first-order valence-corrected chi connectivity index (χ1v) is 10.8. The van der Waals surface area contributed by atoms with Gasteiger partial charge in [-0.25, -0.2) is 4.79 Å². The second-order valence-corrected chi connectivity index (χ2v) is 9.25. The predicted octanol–water partition coefficient (Wildman–Crippen LogP) is 3.07. The number of benzene rings is 1. The molecule has 1 saturated heterocycles. The van der Waals surface area contributed by atoms with Gasteiger partial charge in [-0.15, -0.1) is 0 Å². The molecule has 1 aliphatic heterocycles. The standard InChI is InChI=1S/C23H37N3O4/c1-17(2)13-20(25-22(28)30-23(3,4)5)21(27)24-15-18-7-6-8-19(14-18)16-26-9-11-29-12-10-26/h6-8,14,17,20H,9-13,15-16H2,1-5H3,(H,24,27)(H,25,28)/t20-/m0/s1. The van der Waals surface area contributed by atoms with Crippen LogP contribution < -0.4 is 10.6 Å². The van der Waals surface area contributed by atoms with E-state index in [0.717, 1.165) is 38.4 Å². The molecule has 1 heterocycles. The van der Waals surface area contributed by atoms with Crippen LogP contribution in [0, 0.1) is 5.92 Å². The fourth-order valence-corrected chi connectivity index (χ4v) is 3.32. The zero-order valence-electron chi connectivity index (χ0n) is 19.0. The van der Waals surface area contributed by atoms with Crippen molar-refractivity contribution in [3.8, 4) is 0 Å². The molecule has 0 bridgehead atoms. The van der Waals surface area contributed by atoms with Gasteiger partial charge in [0.2, 0.25) is 5.91 Å². The zero-order valence-corrected chi connectivity index (χ0v) is 19.0. The van der Waals surface area contributed by atoms with Gasteiger partial charge >= 0.3 is 6.09 Å². The van der Waals surface area contributed by atoms with E-state index in [1.807, 2.05) is 26.0 Å². The van der Waals surface area contributed by atoms with Crippen molar-refractivity contribution < 1.29 is 19.1 Å². The van der Waals surface area contributed by atoms with Gasteiger partial charge in [0, 0.05) is 26.2 Å². The lowest BCUT2D eigenvalue weighted by Gasteiger charge is -2.26. The van der Waals surface area contributed by atoms with Crippen LogP contribution in [0.2, 0.25) is 0 Å². The molecule has 1 aromatic rings. The number of hydrogen-bond donors (Lipinski definition) is 2. The number of ether oxygens (including phenoxy) is 2. The monoisotopic (exact) mass is 419 g/mol. The third-order valence-corrected chi connectivity index (χ3v) is 4.68. The van der Waals surface area contributed by atoms with Crippen LogP contribution in [0.15, 0.2) is 24.3 Å². The van der Waals surface area contributed by atoms with E-state index in [-0.39, 0.29) is 11.8 Å². The fraction of sp³-hybridized carbons (Fsp3) is 0.652. The molecular weight excluding hydrogens is 382 g/mol. The molecule has 7 heteroatoms. The molecule has 0 aliphatic carbocycles. The number of nitrogens with one attached hydrogen (secondary N) is 2. The number of nitrogens with zero attached hydrogens (tertiary/aromatic N) is 1. The summed E-state index contributed by atoms with van der Waals surface area (Å²) in [7, 11) is 0. The average molecular weight is 420 g/mol. The van der Waals surface area contributed by atoms with Gasteiger partial charge in [-0.1, -0.05) is 38.1 Å². The van der Waals surface area contributed by atoms with Crippen molar-refractivity contribution in [1.29, 1.82) is 0 Å². The van der Waals surface area contributed by atoms with Gasteiger partial charge in [-0.2, -0.15) is 0 Å². The molecule has 0 saturated carbocycles. The molecule has 2 N–H and O–H groups in total. The lowest BCUT2D eigenvalue weighted by atomic mass is 10.0. The molecule has 30 heavy (non-hydrogen) atoms. The molecule has 0 aromatic heterocycles. The first-order chi connectivity index (χ1) is 14.1. The highest BCUT2D eigenvalue weighted by molar-refractivity contribution is 5.85. The van der Waals surface area contributed by atoms with E-state index >= 15 is 0 Å². The highest BCUT2D eigenvalue weighted by Crippen LogP contribution is 2.12. The van der Waals surface area contributed by atoms with Crippen molar-refractivity contribution in [2.75, 3.05) is 26.3 Å². The van der Waals surface area contributed by atoms with E-state index in [1.54, 1.807) is 20.8 Å². The molecular formula is C23H37N3O4. The lowest BCUT2D eigenvalue weighted by Crippen LogP contribution is -2.48. The van der Waals surface area contributed by atoms with E-state index in [1.165, 1.54) is 5.56 Å². The molecule has 0 unspecified atom stereocenters. The summed E-state index contributed by atoms with van der Waals surface area (Å²) in [6.45, 7) is 14.2. The van der Waals surface area contributed by atoms with Gasteiger partial charge in [-0.3, -0.25) is 9.69 Å². The highest BCUT2D eigenvalue weighted by atomic mass is 16.6. The summed E-state index contributed by atoms with van der Waals surface area (Å²) in [5, 5.41) is 5.68. The minimum atomic E-state index is -0.628. The average Bonchev–Trinajstić information content (AvgIpc) is 2.65. The predicted molar refractivity (Wildman–Crippen MR) is 117 cm³/mol. The summed E-state index contributed by atoms with van der Waals surface area (Å²) >= 11 is 0. The molecule has 168 valence electrons. The molecule has 0 spiro atoms. The molecule has 1 fully saturated rings. The number of carbonyl (C=O) groups is 2. The Bertz CT molecular complexity index is 694. The molecule has 2 rings (SSSR count). The number of morpholine rings is 1. The summed E-state index contributed by atoms with van der Waals surface area (Å²) in [6.07, 6.45) is -0.0295. The van der Waals surface area contributed by atoms with Crippen molar-refractivity contribution in [3.05, 3.63) is 35.4 Å². The minimum Gasteiger partial charge on any atom is -0.444 e. The number of rotatable bonds is 8. The summed E-state index contributed by atoms with van der Waals surface area (Å²) in [4.78, 5) is 27.3. The van der Waals surface area contributed by atoms with Crippen LogP contribution in [0.1, 0.15) is 52.2 Å². The molecule has 1 aromatic carbocycles. The number of hydrogen-bond acceptors (Lipinski definition) is 5. The summed E-state index contributed by atoms with van der Waals surface area (Å²) < 4.78 is 10.7. The number of alkyl carbamates (subject to hydrolysis) is 1. The van der Waals surface area contributed by atoms with Gasteiger partial charge in [0.15, 0.2) is 0 Å². The van der Waals surface area contributed by atoms with Crippen LogP contribution in [-0.2, 0) is 27.4 Å². The van der Waals surface area contributed by atoms with Gasteiger partial charge in [0.25, 0.3) is 0 Å². The van der Waals surface area contributed by atoms with E-state index < -0.39 is 17.7 Å². The molecule has 2 amide bonds. The molecule has 1 aliphatic rings. The quantitative estimate of drug-likeness (QED) is 0.677. The van der Waals surface area contributed by atoms with Crippen LogP contribution >= 0.6 is 0 Å². The van der Waals surface area contributed by atoms with Gasteiger partial charge in [-0.05, 0) is 44.2 Å². The van der Waals surface area contributed by atoms with Crippen molar-refractivity contribution in [2.24, 2.45) is 5.92 Å². The SMILES string of the molecule is CC(C)C[C@H](NC(=O)OC(C)(C)C)C(=O)NCc1cccc(CN2CCOCC2)c1. The first-order valence-electron chi connectivity index (χ1n) is 10.8. The van der Waals surface area contributed by atoms with Crippen LogP contribution in [-0.4, -0.2) is 54.8 Å². The Morgan fingerprint density at radius 1 is 1.17 bits per heavy atom. The Morgan fingerprint density at radius 3 is 2.47 bits per heavy atom. The number of carbonyl (C=O) groups excluding carboxylic acids is 2. The van der Waals surface area contributed by atoms with Crippen molar-refractivity contribution in [2.45, 2.75) is 65.8 Å². The van der Waals surface area contributed by atoms with Crippen LogP contribution in [0.25, 0.3) is 0 Å². The first kappa shape index (κ1) is 24.2. The van der Waals surface area contributed by atoms with E-state index in [2.05, 4.69) is 27.7 Å². The summed E-state index contributed by atoms with van der Waals surface area (Å²) in [6, 6.07) is 7.61. The van der Waals surface area contributed by atoms with Crippen molar-refractivity contribution in [1.82, 2.24) is 15.5 Å². The fourth-order valence-electron chi connectivity index (χ4n) is 3.32. The van der Waals surface area contributed by atoms with Crippen LogP contribution in [0.3, 0.4) is 0 Å². The minimum absolute atomic E-state index is 0.201. The maximum absolute atomic E-state index is 12.8. The zero-order chi connectivity index (χ0) is 22.1. The topological polar surface area (TPSA) is 79.9 Å². The largest absolute Gasteiger partial charge is 0.444 e. The molecule has 0 radical (unpaired) electrons. The van der Waals surface area contributed by atoms with Gasteiger partial charge < -0.3 is 20.1 Å². The second-order valence-electron chi connectivity index (χ2n) is 9.25. The normalized spacial score (nSPS) is 16.2. The lowest BCUT2D eigenvalue weighted by molar-refractivity contribution is -0.123. The molecule has 1 atom stereocenters. The Balaban J connectivity index is 1.91. The van der Waals surface area contributed by atoms with Crippen LogP contribution in [0.4, 0.5) is 4.79 Å². The van der Waals surface area contributed by atoms with E-state index in [4.69, 9.17) is 9.47 Å². The molecule has 7 nitrogen and oxygen atoms in total. The maximum atomic E-state index is 12.8. The summed E-state index contributed by atoms with van der Waals surface area (Å²) in [5.74, 6) is 0.0562. The van der Waals surface area contributed by atoms with E-state index in [0.29, 0.717) is 13.0 Å². The smallest absolute Gasteiger partial charge is 0.408 e. The Kier molecular flexibility index (Phi) is 9.11. The van der Waals surface area contributed by atoms with Gasteiger partial charge in [0.05, 0.1) is 13.2 Å². The van der Waals surface area contributed by atoms with Crippen molar-refractivity contribution >= 4 is 12.0 Å². The summed E-state index contributed by atoms with van der Waals surface area (Å²) in [5.41, 5.74) is 1.65. The third kappa shape index (κ3) is 9.13. The van der Waals surface area contributed by atoms with Gasteiger partial charge in [0.1, 0.15) is 11.6 Å². The second kappa shape index (κ2) is 11.3. The van der Waals surface area contributed by atoms with Crippen molar-refractivity contribution in [3.63, 3.8) is 0 Å². The van der Waals surface area contributed by atoms with Crippen LogP contribution in [0.5, 0.6) is 0 Å². The highest BCUT2D eigenvalue weighted by Gasteiger charge is 2.25. The van der Waals surface area contributed by atoms with E-state index in [9.17, 15) is 9.59 Å². The third-order valence-electron chi connectivity index (χ3n) is 4.68.